The van der Waals surface area contributed by atoms with Crippen molar-refractivity contribution in [3.8, 4) is 5.75 Å². The van der Waals surface area contributed by atoms with Gasteiger partial charge in [-0.3, -0.25) is 9.59 Å². The maximum Gasteiger partial charge on any atom is 0.408 e. The molecule has 1 saturated carbocycles. The molecule has 4 rings (SSSR count). The predicted octanol–water partition coefficient (Wildman–Crippen LogP) is 4.99. The maximum absolute atomic E-state index is 13.8. The van der Waals surface area contributed by atoms with Gasteiger partial charge in [0.15, 0.2) is 0 Å². The van der Waals surface area contributed by atoms with Crippen LogP contribution in [0.4, 0.5) is 10.5 Å². The number of amides is 3. The summed E-state index contributed by atoms with van der Waals surface area (Å²) in [4.78, 5) is 41.0. The standard InChI is InChI=1S/C29H33N3O5/c1-18-15-24(18)32(25(34)17-30-28(36)37-29(2,3)4)26(20-10-13-23(33)14-11-20)27(35)31-22-12-9-19-7-5-6-8-21(19)16-22/h5-14,16,18,24,26,33H,15,17H2,1-4H3,(H,30,36)(H,31,35). The van der Waals surface area contributed by atoms with Crippen molar-refractivity contribution in [2.24, 2.45) is 5.92 Å². The Kier molecular flexibility index (Phi) is 7.38. The number of hydrogen-bond donors (Lipinski definition) is 3. The quantitative estimate of drug-likeness (QED) is 0.421. The molecule has 0 bridgehead atoms. The molecule has 3 aromatic rings. The van der Waals surface area contributed by atoms with Gasteiger partial charge in [0.1, 0.15) is 23.9 Å². The first-order valence-electron chi connectivity index (χ1n) is 12.4. The largest absolute Gasteiger partial charge is 0.508 e. The molecule has 0 aliphatic heterocycles. The normalized spacial score (nSPS) is 17.5. The number of alkyl carbamates (subject to hydrolysis) is 1. The van der Waals surface area contributed by atoms with Gasteiger partial charge in [0.2, 0.25) is 5.91 Å². The van der Waals surface area contributed by atoms with E-state index in [4.69, 9.17) is 4.74 Å². The Balaban J connectivity index is 1.62. The fraction of sp³-hybridized carbons (Fsp3) is 0.345. The van der Waals surface area contributed by atoms with Gasteiger partial charge < -0.3 is 25.4 Å². The van der Waals surface area contributed by atoms with Gasteiger partial charge in [-0.2, -0.15) is 0 Å². The van der Waals surface area contributed by atoms with E-state index >= 15 is 0 Å². The first-order chi connectivity index (χ1) is 17.5. The number of aromatic hydroxyl groups is 1. The molecule has 0 spiro atoms. The molecular formula is C29H33N3O5. The Hall–Kier alpha value is -4.07. The number of nitrogens with one attached hydrogen (secondary N) is 2. The number of rotatable bonds is 7. The van der Waals surface area contributed by atoms with Crippen LogP contribution in [0, 0.1) is 5.92 Å². The highest BCUT2D eigenvalue weighted by atomic mass is 16.6. The molecule has 1 aliphatic rings. The van der Waals surface area contributed by atoms with E-state index in [-0.39, 0.29) is 30.2 Å². The number of anilines is 1. The molecule has 3 atom stereocenters. The third kappa shape index (κ3) is 6.58. The van der Waals surface area contributed by atoms with Crippen LogP contribution in [0.25, 0.3) is 10.8 Å². The van der Waals surface area contributed by atoms with Crippen LogP contribution in [0.3, 0.4) is 0 Å². The summed E-state index contributed by atoms with van der Waals surface area (Å²) in [6, 6.07) is 18.6. The molecule has 3 unspecified atom stereocenters. The first-order valence-corrected chi connectivity index (χ1v) is 12.4. The van der Waals surface area contributed by atoms with Crippen LogP contribution < -0.4 is 10.6 Å². The minimum Gasteiger partial charge on any atom is -0.508 e. The number of phenolic OH excluding ortho intramolecular Hbond substituents is 1. The van der Waals surface area contributed by atoms with Gasteiger partial charge in [-0.15, -0.1) is 0 Å². The van der Waals surface area contributed by atoms with Gasteiger partial charge in [0, 0.05) is 11.7 Å². The summed E-state index contributed by atoms with van der Waals surface area (Å²) in [6.45, 7) is 6.93. The number of fused-ring (bicyclic) bond motifs is 1. The van der Waals surface area contributed by atoms with E-state index in [1.165, 1.54) is 12.1 Å². The molecular weight excluding hydrogens is 470 g/mol. The van der Waals surface area contributed by atoms with E-state index in [2.05, 4.69) is 10.6 Å². The Morgan fingerprint density at radius 1 is 1.03 bits per heavy atom. The van der Waals surface area contributed by atoms with E-state index in [0.717, 1.165) is 17.2 Å². The number of carbonyl (C=O) groups is 3. The number of carbonyl (C=O) groups excluding carboxylic acids is 3. The zero-order valence-electron chi connectivity index (χ0n) is 21.5. The van der Waals surface area contributed by atoms with Crippen molar-refractivity contribution in [2.45, 2.75) is 51.8 Å². The van der Waals surface area contributed by atoms with E-state index in [9.17, 15) is 19.5 Å². The molecule has 0 saturated heterocycles. The fourth-order valence-electron chi connectivity index (χ4n) is 4.34. The van der Waals surface area contributed by atoms with E-state index in [1.807, 2.05) is 49.4 Å². The molecule has 0 radical (unpaired) electrons. The van der Waals surface area contributed by atoms with Crippen molar-refractivity contribution in [1.29, 1.82) is 0 Å². The molecule has 37 heavy (non-hydrogen) atoms. The Morgan fingerprint density at radius 2 is 1.68 bits per heavy atom. The van der Waals surface area contributed by atoms with E-state index in [0.29, 0.717) is 11.3 Å². The van der Waals surface area contributed by atoms with Gasteiger partial charge in [-0.05, 0) is 73.7 Å². The second-order valence-corrected chi connectivity index (χ2v) is 10.5. The minimum atomic E-state index is -0.963. The number of hydrogen-bond acceptors (Lipinski definition) is 5. The zero-order chi connectivity index (χ0) is 26.7. The molecule has 8 nitrogen and oxygen atoms in total. The predicted molar refractivity (Wildman–Crippen MR) is 142 cm³/mol. The van der Waals surface area contributed by atoms with E-state index < -0.39 is 23.6 Å². The van der Waals surface area contributed by atoms with Gasteiger partial charge in [-0.1, -0.05) is 49.4 Å². The second-order valence-electron chi connectivity index (χ2n) is 10.5. The number of benzene rings is 3. The summed E-state index contributed by atoms with van der Waals surface area (Å²) in [7, 11) is 0. The maximum atomic E-state index is 13.8. The molecule has 8 heteroatoms. The third-order valence-corrected chi connectivity index (χ3v) is 6.25. The van der Waals surface area contributed by atoms with Crippen molar-refractivity contribution in [1.82, 2.24) is 10.2 Å². The lowest BCUT2D eigenvalue weighted by atomic mass is 10.0. The molecule has 194 valence electrons. The molecule has 1 fully saturated rings. The Labute approximate surface area is 216 Å². The lowest BCUT2D eigenvalue weighted by Crippen LogP contribution is -2.48. The fourth-order valence-corrected chi connectivity index (χ4v) is 4.34. The summed E-state index contributed by atoms with van der Waals surface area (Å²) >= 11 is 0. The van der Waals surface area contributed by atoms with Crippen LogP contribution in [-0.4, -0.2) is 46.1 Å². The lowest BCUT2D eigenvalue weighted by molar-refractivity contribution is -0.139. The summed E-state index contributed by atoms with van der Waals surface area (Å²) in [5, 5.41) is 17.3. The van der Waals surface area contributed by atoms with Crippen LogP contribution in [0.1, 0.15) is 45.7 Å². The topological polar surface area (TPSA) is 108 Å². The van der Waals surface area contributed by atoms with Crippen LogP contribution in [0.15, 0.2) is 66.7 Å². The second kappa shape index (κ2) is 10.5. The van der Waals surface area contributed by atoms with Crippen LogP contribution in [-0.2, 0) is 14.3 Å². The van der Waals surface area contributed by atoms with E-state index in [1.54, 1.807) is 37.8 Å². The highest BCUT2D eigenvalue weighted by Crippen LogP contribution is 2.40. The average molecular weight is 504 g/mol. The zero-order valence-corrected chi connectivity index (χ0v) is 21.5. The van der Waals surface area contributed by atoms with Crippen LogP contribution >= 0.6 is 0 Å². The molecule has 0 aromatic heterocycles. The summed E-state index contributed by atoms with van der Waals surface area (Å²) < 4.78 is 5.26. The molecule has 3 amide bonds. The number of nitrogens with zero attached hydrogens (tertiary/aromatic N) is 1. The number of phenols is 1. The van der Waals surface area contributed by atoms with Crippen molar-refractivity contribution in [3.63, 3.8) is 0 Å². The third-order valence-electron chi connectivity index (χ3n) is 6.25. The summed E-state index contributed by atoms with van der Waals surface area (Å²) in [5.41, 5.74) is 0.461. The van der Waals surface area contributed by atoms with Gasteiger partial charge in [0.05, 0.1) is 0 Å². The summed E-state index contributed by atoms with van der Waals surface area (Å²) in [6.07, 6.45) is 0.0437. The van der Waals surface area contributed by atoms with Gasteiger partial charge in [0.25, 0.3) is 5.91 Å². The smallest absolute Gasteiger partial charge is 0.408 e. The molecule has 3 N–H and O–H groups in total. The lowest BCUT2D eigenvalue weighted by Gasteiger charge is -2.32. The Bertz CT molecular complexity index is 1300. The number of ether oxygens (including phenoxy) is 1. The molecule has 1 aliphatic carbocycles. The van der Waals surface area contributed by atoms with Gasteiger partial charge in [-0.25, -0.2) is 4.79 Å². The monoisotopic (exact) mass is 503 g/mol. The highest BCUT2D eigenvalue weighted by Gasteiger charge is 2.46. The molecule has 3 aromatic carbocycles. The van der Waals surface area contributed by atoms with Crippen molar-refractivity contribution in [2.75, 3.05) is 11.9 Å². The average Bonchev–Trinajstić information content (AvgIpc) is 3.56. The minimum absolute atomic E-state index is 0.0571. The van der Waals surface area contributed by atoms with Crippen molar-refractivity contribution < 1.29 is 24.2 Å². The molecule has 0 heterocycles. The van der Waals surface area contributed by atoms with Crippen LogP contribution in [0.2, 0.25) is 0 Å². The highest BCUT2D eigenvalue weighted by molar-refractivity contribution is 6.00. The van der Waals surface area contributed by atoms with Crippen molar-refractivity contribution in [3.05, 3.63) is 72.3 Å². The van der Waals surface area contributed by atoms with Crippen molar-refractivity contribution >= 4 is 34.4 Å². The SMILES string of the molecule is CC1CC1N(C(=O)CNC(=O)OC(C)(C)C)C(C(=O)Nc1ccc2ccccc2c1)c1ccc(O)cc1. The first kappa shape index (κ1) is 26.0. The Morgan fingerprint density at radius 3 is 2.30 bits per heavy atom. The van der Waals surface area contributed by atoms with Crippen LogP contribution in [0.5, 0.6) is 5.75 Å². The van der Waals surface area contributed by atoms with Gasteiger partial charge >= 0.3 is 6.09 Å². The summed E-state index contributed by atoms with van der Waals surface area (Å²) in [5.74, 6) is -0.516.